The van der Waals surface area contributed by atoms with Gasteiger partial charge in [0.1, 0.15) is 0 Å². The highest BCUT2D eigenvalue weighted by Gasteiger charge is 2.29. The quantitative estimate of drug-likeness (QED) is 0.169. The topological polar surface area (TPSA) is 125 Å². The van der Waals surface area contributed by atoms with Gasteiger partial charge in [0.25, 0.3) is 0 Å². The van der Waals surface area contributed by atoms with E-state index < -0.39 is 13.0 Å². The molecule has 0 fully saturated rings. The van der Waals surface area contributed by atoms with E-state index in [-0.39, 0.29) is 11.5 Å². The molecule has 0 amide bonds. The summed E-state index contributed by atoms with van der Waals surface area (Å²) in [6, 6.07) is 16.6. The normalized spacial score (nSPS) is 12.2. The predicted molar refractivity (Wildman–Crippen MR) is 116 cm³/mol. The maximum atomic E-state index is 11.5. The fourth-order valence-electron chi connectivity index (χ4n) is 3.56. The van der Waals surface area contributed by atoms with Crippen molar-refractivity contribution in [2.24, 2.45) is 0 Å². The van der Waals surface area contributed by atoms with Crippen molar-refractivity contribution in [2.45, 2.75) is 5.92 Å². The van der Waals surface area contributed by atoms with Gasteiger partial charge < -0.3 is 20.8 Å². The minimum Gasteiger partial charge on any atom is -0.423 e. The molecule has 0 saturated carbocycles. The number of nitrogens with one attached hydrogen (secondary N) is 1. The molecule has 5 N–H and O–H groups in total. The molecular formula is C20H18BN3O4S. The van der Waals surface area contributed by atoms with Gasteiger partial charge in [-0.1, -0.05) is 30.3 Å². The Morgan fingerprint density at radius 1 is 1.17 bits per heavy atom. The molecule has 9 heteroatoms. The number of nitrogens with zero attached hydrogens (tertiary/aromatic N) is 1. The molecule has 1 atom stereocenters. The van der Waals surface area contributed by atoms with Crippen molar-refractivity contribution < 1.29 is 15.0 Å². The lowest BCUT2D eigenvalue weighted by atomic mass is 9.81. The lowest BCUT2D eigenvalue weighted by Gasteiger charge is -2.14. The van der Waals surface area contributed by atoms with Crippen LogP contribution in [-0.4, -0.2) is 33.6 Å². The first-order valence-corrected chi connectivity index (χ1v) is 9.84. The van der Waals surface area contributed by atoms with Crippen LogP contribution in [0.2, 0.25) is 0 Å². The average Bonchev–Trinajstić information content (AvgIpc) is 3.32. The van der Waals surface area contributed by atoms with Crippen LogP contribution in [-0.2, 0) is 0 Å². The number of fused-ring (bicyclic) bond motifs is 1. The molecule has 29 heavy (non-hydrogen) atoms. The molecule has 1 unspecified atom stereocenters. The van der Waals surface area contributed by atoms with E-state index in [4.69, 9.17) is 5.73 Å². The Bertz CT molecular complexity index is 1170. The fraction of sp³-hybridized carbons (Fsp3) is 0.100. The summed E-state index contributed by atoms with van der Waals surface area (Å²) in [6.07, 6.45) is 0. The van der Waals surface area contributed by atoms with Gasteiger partial charge in [0, 0.05) is 32.0 Å². The van der Waals surface area contributed by atoms with Gasteiger partial charge in [-0.05, 0) is 40.7 Å². The molecule has 2 aromatic carbocycles. The Kier molecular flexibility index (Phi) is 5.10. The predicted octanol–water partition coefficient (Wildman–Crippen LogP) is 2.57. The van der Waals surface area contributed by atoms with Crippen molar-refractivity contribution >= 4 is 40.5 Å². The van der Waals surface area contributed by atoms with Crippen LogP contribution < -0.4 is 11.2 Å². The monoisotopic (exact) mass is 407 g/mol. The van der Waals surface area contributed by atoms with Crippen LogP contribution in [0.3, 0.4) is 0 Å². The van der Waals surface area contributed by atoms with E-state index in [1.54, 1.807) is 23.6 Å². The number of hydrogen-bond acceptors (Lipinski definition) is 6. The summed E-state index contributed by atoms with van der Waals surface area (Å²) in [7, 11) is -1.62. The molecule has 2 heterocycles. The molecule has 0 spiro atoms. The SMILES string of the molecule is Nc1ccc(-c2[nH]c3ccccc3c2C(C[N+](=O)[O-])c2cc(B(O)O)cs2)cc1. The third-order valence-electron chi connectivity index (χ3n) is 4.91. The van der Waals surface area contributed by atoms with Crippen molar-refractivity contribution in [1.29, 1.82) is 0 Å². The molecular weight excluding hydrogens is 389 g/mol. The van der Waals surface area contributed by atoms with Crippen LogP contribution in [0, 0.1) is 10.1 Å². The summed E-state index contributed by atoms with van der Waals surface area (Å²) < 4.78 is 0. The molecule has 0 bridgehead atoms. The molecule has 0 saturated heterocycles. The zero-order valence-corrected chi connectivity index (χ0v) is 16.1. The average molecular weight is 407 g/mol. The second kappa shape index (κ2) is 7.71. The van der Waals surface area contributed by atoms with E-state index in [0.29, 0.717) is 16.0 Å². The molecule has 4 rings (SSSR count). The zero-order valence-electron chi connectivity index (χ0n) is 15.3. The van der Waals surface area contributed by atoms with Crippen molar-refractivity contribution in [3.8, 4) is 11.3 Å². The lowest BCUT2D eigenvalue weighted by molar-refractivity contribution is -0.481. The third-order valence-corrected chi connectivity index (χ3v) is 5.97. The van der Waals surface area contributed by atoms with Gasteiger partial charge in [-0.15, -0.1) is 11.3 Å². The van der Waals surface area contributed by atoms with Gasteiger partial charge in [-0.25, -0.2) is 0 Å². The van der Waals surface area contributed by atoms with E-state index in [0.717, 1.165) is 27.7 Å². The molecule has 7 nitrogen and oxygen atoms in total. The number of H-pyrrole nitrogens is 1. The molecule has 0 aliphatic carbocycles. The Hall–Kier alpha value is -3.14. The number of aromatic amines is 1. The van der Waals surface area contributed by atoms with Gasteiger partial charge in [-0.2, -0.15) is 0 Å². The number of benzene rings is 2. The Morgan fingerprint density at radius 3 is 2.55 bits per heavy atom. The van der Waals surface area contributed by atoms with Crippen LogP contribution in [0.15, 0.2) is 60.0 Å². The maximum absolute atomic E-state index is 11.5. The summed E-state index contributed by atoms with van der Waals surface area (Å²) in [5, 5.41) is 33.0. The molecule has 4 aromatic rings. The number of aromatic nitrogens is 1. The largest absolute Gasteiger partial charge is 0.489 e. The van der Waals surface area contributed by atoms with Crippen LogP contribution in [0.1, 0.15) is 16.4 Å². The minimum absolute atomic E-state index is 0.314. The summed E-state index contributed by atoms with van der Waals surface area (Å²) in [6.45, 7) is -0.314. The highest BCUT2D eigenvalue weighted by molar-refractivity contribution is 7.11. The zero-order chi connectivity index (χ0) is 20.5. The van der Waals surface area contributed by atoms with Crippen LogP contribution in [0.4, 0.5) is 5.69 Å². The summed E-state index contributed by atoms with van der Waals surface area (Å²) in [4.78, 5) is 15.3. The van der Waals surface area contributed by atoms with Crippen molar-refractivity contribution in [3.05, 3.63) is 80.5 Å². The van der Waals surface area contributed by atoms with Crippen molar-refractivity contribution in [1.82, 2.24) is 4.98 Å². The number of hydrogen-bond donors (Lipinski definition) is 4. The van der Waals surface area contributed by atoms with Crippen molar-refractivity contribution in [3.63, 3.8) is 0 Å². The van der Waals surface area contributed by atoms with Crippen LogP contribution in [0.5, 0.6) is 0 Å². The van der Waals surface area contributed by atoms with Crippen LogP contribution >= 0.6 is 11.3 Å². The lowest BCUT2D eigenvalue weighted by Crippen LogP contribution is -2.28. The first-order valence-electron chi connectivity index (χ1n) is 8.97. The molecule has 2 aromatic heterocycles. The summed E-state index contributed by atoms with van der Waals surface area (Å²) in [5.74, 6) is -0.550. The Labute approximate surface area is 170 Å². The molecule has 0 aliphatic heterocycles. The third kappa shape index (κ3) is 3.75. The Morgan fingerprint density at radius 2 is 1.90 bits per heavy atom. The first kappa shape index (κ1) is 19.2. The highest BCUT2D eigenvalue weighted by atomic mass is 32.1. The van der Waals surface area contributed by atoms with E-state index in [1.807, 2.05) is 36.4 Å². The number of anilines is 1. The van der Waals surface area contributed by atoms with Gasteiger partial charge in [0.15, 0.2) is 0 Å². The van der Waals surface area contributed by atoms with Gasteiger partial charge in [0.05, 0.1) is 11.6 Å². The fourth-order valence-corrected chi connectivity index (χ4v) is 4.58. The number of thiophene rings is 1. The highest BCUT2D eigenvalue weighted by Crippen LogP contribution is 2.40. The van der Waals surface area contributed by atoms with E-state index >= 15 is 0 Å². The van der Waals surface area contributed by atoms with E-state index in [9.17, 15) is 20.2 Å². The maximum Gasteiger partial charge on any atom is 0.489 e. The van der Waals surface area contributed by atoms with Crippen LogP contribution in [0.25, 0.3) is 22.2 Å². The number of nitro groups is 1. The Balaban J connectivity index is 1.95. The summed E-state index contributed by atoms with van der Waals surface area (Å²) in [5.41, 5.74) is 10.1. The first-order chi connectivity index (χ1) is 13.9. The van der Waals surface area contributed by atoms with E-state index in [1.165, 1.54) is 11.3 Å². The number of rotatable bonds is 6. The molecule has 0 radical (unpaired) electrons. The van der Waals surface area contributed by atoms with E-state index in [2.05, 4.69) is 4.98 Å². The van der Waals surface area contributed by atoms with Gasteiger partial charge in [-0.3, -0.25) is 10.1 Å². The van der Waals surface area contributed by atoms with Gasteiger partial charge in [0.2, 0.25) is 6.54 Å². The number of nitrogens with two attached hydrogens (primary N) is 1. The smallest absolute Gasteiger partial charge is 0.423 e. The van der Waals surface area contributed by atoms with Gasteiger partial charge >= 0.3 is 7.12 Å². The molecule has 146 valence electrons. The molecule has 0 aliphatic rings. The minimum atomic E-state index is -1.62. The summed E-state index contributed by atoms with van der Waals surface area (Å²) >= 11 is 1.28. The second-order valence-corrected chi connectivity index (χ2v) is 7.75. The van der Waals surface area contributed by atoms with Crippen molar-refractivity contribution in [2.75, 3.05) is 12.3 Å². The number of para-hydroxylation sites is 1. The second-order valence-electron chi connectivity index (χ2n) is 6.81. The standard InChI is InChI=1S/C20H18BN3O4S/c22-14-7-5-12(6-8-14)20-19(15-3-1-2-4-17(15)23-20)16(10-24(27)28)18-9-13(11-29-18)21(25)26/h1-9,11,16,23,25-26H,10,22H2. The number of nitrogen functional groups attached to an aromatic ring is 1.